The first-order valence-electron chi connectivity index (χ1n) is 6.36. The van der Waals surface area contributed by atoms with E-state index in [0.717, 1.165) is 11.0 Å². The Bertz CT molecular complexity index is 460. The number of benzene rings is 1. The van der Waals surface area contributed by atoms with Gasteiger partial charge in [0, 0.05) is 12.6 Å². The SMILES string of the molecule is COC(=O)C(C)Oc1ccc(CNC2CC2)cc1Br. The number of halogens is 1. The Hall–Kier alpha value is -1.07. The van der Waals surface area contributed by atoms with Gasteiger partial charge in [-0.15, -0.1) is 0 Å². The van der Waals surface area contributed by atoms with E-state index in [1.165, 1.54) is 25.5 Å². The van der Waals surface area contributed by atoms with E-state index in [1.807, 2.05) is 18.2 Å². The van der Waals surface area contributed by atoms with E-state index >= 15 is 0 Å². The smallest absolute Gasteiger partial charge is 0.346 e. The average molecular weight is 328 g/mol. The fourth-order valence-electron chi connectivity index (χ4n) is 1.70. The maximum Gasteiger partial charge on any atom is 0.346 e. The van der Waals surface area contributed by atoms with Gasteiger partial charge in [-0.05, 0) is 53.4 Å². The highest BCUT2D eigenvalue weighted by Gasteiger charge is 2.20. The van der Waals surface area contributed by atoms with Gasteiger partial charge in [0.1, 0.15) is 5.75 Å². The van der Waals surface area contributed by atoms with E-state index in [2.05, 4.69) is 26.0 Å². The highest BCUT2D eigenvalue weighted by molar-refractivity contribution is 9.10. The minimum Gasteiger partial charge on any atom is -0.478 e. The molecular formula is C14H18BrNO3. The maximum atomic E-state index is 11.3. The van der Waals surface area contributed by atoms with Gasteiger partial charge in [-0.3, -0.25) is 0 Å². The van der Waals surface area contributed by atoms with Crippen LogP contribution < -0.4 is 10.1 Å². The molecule has 104 valence electrons. The Morgan fingerprint density at radius 2 is 2.26 bits per heavy atom. The van der Waals surface area contributed by atoms with Crippen molar-refractivity contribution in [3.05, 3.63) is 28.2 Å². The van der Waals surface area contributed by atoms with Gasteiger partial charge in [0.15, 0.2) is 6.10 Å². The van der Waals surface area contributed by atoms with E-state index < -0.39 is 6.10 Å². The molecule has 1 unspecified atom stereocenters. The Labute approximate surface area is 121 Å². The van der Waals surface area contributed by atoms with Crippen molar-refractivity contribution in [2.24, 2.45) is 0 Å². The number of carbonyl (C=O) groups excluding carboxylic acids is 1. The molecule has 2 rings (SSSR count). The summed E-state index contributed by atoms with van der Waals surface area (Å²) in [6.45, 7) is 2.52. The number of carbonyl (C=O) groups is 1. The van der Waals surface area contributed by atoms with Gasteiger partial charge in [-0.1, -0.05) is 6.07 Å². The van der Waals surface area contributed by atoms with Gasteiger partial charge in [0.25, 0.3) is 0 Å². The van der Waals surface area contributed by atoms with Crippen LogP contribution in [0.25, 0.3) is 0 Å². The van der Waals surface area contributed by atoms with E-state index in [4.69, 9.17) is 4.74 Å². The normalized spacial score (nSPS) is 15.9. The molecule has 0 radical (unpaired) electrons. The molecule has 4 nitrogen and oxygen atoms in total. The van der Waals surface area contributed by atoms with Crippen LogP contribution in [0, 0.1) is 0 Å². The lowest BCUT2D eigenvalue weighted by molar-refractivity contribution is -0.147. The van der Waals surface area contributed by atoms with Crippen LogP contribution in [0.4, 0.5) is 0 Å². The number of rotatable bonds is 6. The fraction of sp³-hybridized carbons (Fsp3) is 0.500. The Balaban J connectivity index is 1.95. The van der Waals surface area contributed by atoms with E-state index in [-0.39, 0.29) is 5.97 Å². The summed E-state index contributed by atoms with van der Waals surface area (Å²) >= 11 is 3.46. The summed E-state index contributed by atoms with van der Waals surface area (Å²) in [6.07, 6.45) is 1.94. The first-order valence-corrected chi connectivity index (χ1v) is 7.15. The summed E-state index contributed by atoms with van der Waals surface area (Å²) in [4.78, 5) is 11.3. The average Bonchev–Trinajstić information content (AvgIpc) is 3.22. The van der Waals surface area contributed by atoms with Gasteiger partial charge in [-0.25, -0.2) is 4.79 Å². The van der Waals surface area contributed by atoms with Crippen molar-refractivity contribution < 1.29 is 14.3 Å². The Kier molecular flexibility index (Phi) is 4.82. The molecule has 0 spiro atoms. The lowest BCUT2D eigenvalue weighted by atomic mass is 10.2. The van der Waals surface area contributed by atoms with Crippen molar-refractivity contribution in [3.8, 4) is 5.75 Å². The summed E-state index contributed by atoms with van der Waals surface area (Å²) in [5.74, 6) is 0.263. The first-order chi connectivity index (χ1) is 9.10. The number of methoxy groups -OCH3 is 1. The third kappa shape index (κ3) is 4.21. The molecule has 19 heavy (non-hydrogen) atoms. The Morgan fingerprint density at radius 1 is 1.53 bits per heavy atom. The third-order valence-corrected chi connectivity index (χ3v) is 3.63. The molecule has 1 atom stereocenters. The van der Waals surface area contributed by atoms with Crippen molar-refractivity contribution in [1.82, 2.24) is 5.32 Å². The number of hydrogen-bond acceptors (Lipinski definition) is 4. The van der Waals surface area contributed by atoms with Gasteiger partial charge < -0.3 is 14.8 Å². The zero-order valence-corrected chi connectivity index (χ0v) is 12.7. The zero-order chi connectivity index (χ0) is 13.8. The molecule has 0 bridgehead atoms. The largest absolute Gasteiger partial charge is 0.478 e. The van der Waals surface area contributed by atoms with Crippen LogP contribution in [0.3, 0.4) is 0 Å². The second-order valence-corrected chi connectivity index (χ2v) is 5.56. The number of esters is 1. The maximum absolute atomic E-state index is 11.3. The highest BCUT2D eigenvalue weighted by atomic mass is 79.9. The molecule has 1 fully saturated rings. The van der Waals surface area contributed by atoms with E-state index in [9.17, 15) is 4.79 Å². The second kappa shape index (κ2) is 6.39. The van der Waals surface area contributed by atoms with Crippen LogP contribution in [-0.2, 0) is 16.1 Å². The van der Waals surface area contributed by atoms with E-state index in [1.54, 1.807) is 6.92 Å². The fourth-order valence-corrected chi connectivity index (χ4v) is 2.22. The van der Waals surface area contributed by atoms with Crippen molar-refractivity contribution in [3.63, 3.8) is 0 Å². The van der Waals surface area contributed by atoms with Crippen molar-refractivity contribution >= 4 is 21.9 Å². The standard InChI is InChI=1S/C14H18BrNO3/c1-9(14(17)18-2)19-13-6-3-10(7-12(13)15)8-16-11-4-5-11/h3,6-7,9,11,16H,4-5,8H2,1-2H3. The van der Waals surface area contributed by atoms with Crippen molar-refractivity contribution in [1.29, 1.82) is 0 Å². The van der Waals surface area contributed by atoms with Crippen LogP contribution in [0.1, 0.15) is 25.3 Å². The Morgan fingerprint density at radius 3 is 2.84 bits per heavy atom. The van der Waals surface area contributed by atoms with Crippen LogP contribution in [0.5, 0.6) is 5.75 Å². The minimum absolute atomic E-state index is 0.383. The van der Waals surface area contributed by atoms with Gasteiger partial charge in [0.2, 0.25) is 0 Å². The number of nitrogens with one attached hydrogen (secondary N) is 1. The predicted octanol–water partition coefficient (Wildman–Crippen LogP) is 2.64. The molecule has 0 heterocycles. The molecule has 0 aromatic heterocycles. The minimum atomic E-state index is -0.614. The van der Waals surface area contributed by atoms with Gasteiger partial charge in [-0.2, -0.15) is 0 Å². The van der Waals surface area contributed by atoms with Crippen molar-refractivity contribution in [2.45, 2.75) is 38.5 Å². The van der Waals surface area contributed by atoms with Crippen LogP contribution >= 0.6 is 15.9 Å². The van der Waals surface area contributed by atoms with Crippen LogP contribution in [0.15, 0.2) is 22.7 Å². The van der Waals surface area contributed by atoms with Gasteiger partial charge in [0.05, 0.1) is 11.6 Å². The molecule has 1 aromatic carbocycles. The number of ether oxygens (including phenoxy) is 2. The summed E-state index contributed by atoms with van der Waals surface area (Å²) in [6, 6.07) is 6.57. The van der Waals surface area contributed by atoms with Gasteiger partial charge >= 0.3 is 5.97 Å². The molecule has 1 aromatic rings. The molecule has 1 aliphatic rings. The summed E-state index contributed by atoms with van der Waals surface area (Å²) in [5.41, 5.74) is 1.19. The molecule has 0 aliphatic heterocycles. The molecule has 1 N–H and O–H groups in total. The molecule has 0 amide bonds. The quantitative estimate of drug-likeness (QED) is 0.816. The summed E-state index contributed by atoms with van der Waals surface area (Å²) < 4.78 is 11.0. The molecule has 1 aliphatic carbocycles. The van der Waals surface area contributed by atoms with Crippen LogP contribution in [0.2, 0.25) is 0 Å². The van der Waals surface area contributed by atoms with E-state index in [0.29, 0.717) is 11.8 Å². The second-order valence-electron chi connectivity index (χ2n) is 4.70. The molecule has 0 saturated heterocycles. The highest BCUT2D eigenvalue weighted by Crippen LogP contribution is 2.27. The van der Waals surface area contributed by atoms with Crippen LogP contribution in [-0.4, -0.2) is 25.2 Å². The molecular weight excluding hydrogens is 310 g/mol. The summed E-state index contributed by atoms with van der Waals surface area (Å²) in [5, 5.41) is 3.45. The lowest BCUT2D eigenvalue weighted by Crippen LogP contribution is -2.25. The topological polar surface area (TPSA) is 47.6 Å². The third-order valence-electron chi connectivity index (χ3n) is 3.01. The summed E-state index contributed by atoms with van der Waals surface area (Å²) in [7, 11) is 1.35. The lowest BCUT2D eigenvalue weighted by Gasteiger charge is -2.14. The number of hydrogen-bond donors (Lipinski definition) is 1. The zero-order valence-electron chi connectivity index (χ0n) is 11.1. The predicted molar refractivity (Wildman–Crippen MR) is 76.1 cm³/mol. The monoisotopic (exact) mass is 327 g/mol. The van der Waals surface area contributed by atoms with Crippen molar-refractivity contribution in [2.75, 3.05) is 7.11 Å². The molecule has 5 heteroatoms. The first kappa shape index (κ1) is 14.3. The molecule has 1 saturated carbocycles.